The maximum Gasteiger partial charge on any atom is 0.140 e. The Morgan fingerprint density at radius 2 is 1.06 bits per heavy atom. The van der Waals surface area contributed by atoms with E-state index in [0.29, 0.717) is 0 Å². The van der Waals surface area contributed by atoms with Crippen molar-refractivity contribution >= 4 is 6.71 Å². The molecule has 18 heavy (non-hydrogen) atoms. The van der Waals surface area contributed by atoms with Crippen molar-refractivity contribution < 1.29 is 0 Å². The van der Waals surface area contributed by atoms with Crippen LogP contribution in [-0.4, -0.2) is 6.71 Å². The molecule has 0 amide bonds. The zero-order valence-electron chi connectivity index (χ0n) is 12.2. The molecule has 5 saturated heterocycles. The third-order valence-electron chi connectivity index (χ3n) is 6.23. The van der Waals surface area contributed by atoms with Gasteiger partial charge < -0.3 is 0 Å². The Kier molecular flexibility index (Phi) is 4.71. The molecule has 5 heterocycles. The quantitative estimate of drug-likeness (QED) is 0.483. The van der Waals surface area contributed by atoms with Gasteiger partial charge in [0.1, 0.15) is 6.71 Å². The molecule has 0 aromatic heterocycles. The molecule has 6 aliphatic rings. The van der Waals surface area contributed by atoms with Crippen LogP contribution in [0.5, 0.6) is 0 Å². The predicted octanol–water partition coefficient (Wildman–Crippen LogP) is 5.66. The second kappa shape index (κ2) is 6.48. The summed E-state index contributed by atoms with van der Waals surface area (Å²) in [6, 6.07) is 0. The molecule has 0 radical (unpaired) electrons. The van der Waals surface area contributed by atoms with E-state index in [-0.39, 0.29) is 0 Å². The average Bonchev–Trinajstić information content (AvgIpc) is 2.25. The molecule has 0 N–H and O–H groups in total. The molecule has 6 rings (SSSR count). The Morgan fingerprint density at radius 1 is 0.556 bits per heavy atom. The predicted molar refractivity (Wildman–Crippen MR) is 81.4 cm³/mol. The fourth-order valence-corrected chi connectivity index (χ4v) is 5.24. The first kappa shape index (κ1) is 13.1. The van der Waals surface area contributed by atoms with Crippen molar-refractivity contribution in [2.45, 2.75) is 89.6 Å². The van der Waals surface area contributed by atoms with Crippen molar-refractivity contribution in [3.05, 3.63) is 0 Å². The molecule has 0 spiro atoms. The van der Waals surface area contributed by atoms with Gasteiger partial charge in [0.25, 0.3) is 0 Å². The van der Waals surface area contributed by atoms with E-state index in [0.717, 1.165) is 24.5 Å². The van der Waals surface area contributed by atoms with Crippen LogP contribution >= 0.6 is 0 Å². The molecular weight excluding hydrogens is 215 g/mol. The summed E-state index contributed by atoms with van der Waals surface area (Å²) in [5.74, 6) is 3.31. The fourth-order valence-electron chi connectivity index (χ4n) is 5.24. The normalized spacial score (nSPS) is 38.7. The van der Waals surface area contributed by atoms with Crippen LogP contribution in [0.25, 0.3) is 0 Å². The van der Waals surface area contributed by atoms with Crippen LogP contribution in [0.2, 0.25) is 19.0 Å². The highest BCUT2D eigenvalue weighted by Crippen LogP contribution is 2.38. The van der Waals surface area contributed by atoms with Crippen molar-refractivity contribution in [1.29, 1.82) is 0 Å². The molecule has 1 saturated carbocycles. The highest BCUT2D eigenvalue weighted by molar-refractivity contribution is 6.58. The lowest BCUT2D eigenvalue weighted by atomic mass is 9.38. The second-order valence-corrected chi connectivity index (χ2v) is 7.66. The van der Waals surface area contributed by atoms with Gasteiger partial charge >= 0.3 is 0 Å². The topological polar surface area (TPSA) is 0 Å². The van der Waals surface area contributed by atoms with Crippen LogP contribution in [0.1, 0.15) is 70.6 Å². The SMILES string of the molecule is C1CB2CCCC(C1)CC1CCCC(CCC1)C2. The number of hydrogen-bond acceptors (Lipinski definition) is 0. The molecule has 0 aromatic carbocycles. The zero-order valence-corrected chi connectivity index (χ0v) is 12.2. The summed E-state index contributed by atoms with van der Waals surface area (Å²) in [5, 5.41) is 0. The van der Waals surface area contributed by atoms with Gasteiger partial charge in [0.15, 0.2) is 0 Å². The van der Waals surface area contributed by atoms with E-state index in [1.165, 1.54) is 0 Å². The van der Waals surface area contributed by atoms with Gasteiger partial charge in [-0.2, -0.15) is 0 Å². The summed E-state index contributed by atoms with van der Waals surface area (Å²) in [7, 11) is 0. The van der Waals surface area contributed by atoms with Gasteiger partial charge in [0, 0.05) is 0 Å². The average molecular weight is 246 g/mol. The van der Waals surface area contributed by atoms with Crippen molar-refractivity contribution in [3.8, 4) is 0 Å². The maximum absolute atomic E-state index is 1.59. The minimum absolute atomic E-state index is 1.10. The molecule has 0 nitrogen and oxygen atoms in total. The molecule has 6 fully saturated rings. The molecule has 1 heteroatoms. The van der Waals surface area contributed by atoms with Gasteiger partial charge in [-0.3, -0.25) is 0 Å². The smallest absolute Gasteiger partial charge is 0.0741 e. The van der Waals surface area contributed by atoms with Gasteiger partial charge in [-0.15, -0.1) is 0 Å². The Morgan fingerprint density at radius 3 is 1.67 bits per heavy atom. The molecule has 0 aromatic rings. The lowest BCUT2D eigenvalue weighted by Gasteiger charge is -2.32. The van der Waals surface area contributed by atoms with E-state index >= 15 is 0 Å². The number of rotatable bonds is 0. The summed E-state index contributed by atoms with van der Waals surface area (Å²) in [6.45, 7) is 1.10. The first-order valence-electron chi connectivity index (χ1n) is 8.90. The van der Waals surface area contributed by atoms with E-state index < -0.39 is 0 Å². The minimum atomic E-state index is 1.10. The maximum atomic E-state index is 1.59. The minimum Gasteiger partial charge on any atom is -0.0741 e. The van der Waals surface area contributed by atoms with Crippen LogP contribution in [0, 0.1) is 17.8 Å². The van der Waals surface area contributed by atoms with Crippen LogP contribution in [-0.2, 0) is 0 Å². The molecule has 4 bridgehead atoms. The van der Waals surface area contributed by atoms with Crippen LogP contribution in [0.4, 0.5) is 0 Å². The Balaban J connectivity index is 1.73. The molecule has 102 valence electrons. The second-order valence-electron chi connectivity index (χ2n) is 7.66. The fraction of sp³-hybridized carbons (Fsp3) is 1.00. The van der Waals surface area contributed by atoms with Crippen molar-refractivity contribution in [2.24, 2.45) is 17.8 Å². The van der Waals surface area contributed by atoms with E-state index in [2.05, 4.69) is 0 Å². The van der Waals surface area contributed by atoms with E-state index in [4.69, 9.17) is 0 Å². The summed E-state index contributed by atoms with van der Waals surface area (Å²) in [6.07, 6.45) is 21.9. The standard InChI is InChI=1S/C17H31B/c1-5-15-6-2-8-17(7-1)14-18-11-3-9-16(13-15)10-4-12-18/h15-17H,1-14H2. The van der Waals surface area contributed by atoms with Gasteiger partial charge in [0.05, 0.1) is 0 Å². The summed E-state index contributed by atoms with van der Waals surface area (Å²) < 4.78 is 0. The van der Waals surface area contributed by atoms with Gasteiger partial charge in [-0.1, -0.05) is 83.2 Å². The van der Waals surface area contributed by atoms with Crippen LogP contribution in [0.15, 0.2) is 0 Å². The van der Waals surface area contributed by atoms with Crippen LogP contribution < -0.4 is 0 Å². The van der Waals surface area contributed by atoms with Crippen molar-refractivity contribution in [2.75, 3.05) is 0 Å². The highest BCUT2D eigenvalue weighted by atomic mass is 14.3. The first-order valence-corrected chi connectivity index (χ1v) is 8.90. The van der Waals surface area contributed by atoms with Gasteiger partial charge in [-0.05, 0) is 24.2 Å². The monoisotopic (exact) mass is 246 g/mol. The largest absolute Gasteiger partial charge is 0.140 e. The lowest BCUT2D eigenvalue weighted by molar-refractivity contribution is 0.258. The Hall–Kier alpha value is 0.0649. The summed E-state index contributed by atoms with van der Waals surface area (Å²) in [4.78, 5) is 0. The molecule has 5 aliphatic heterocycles. The van der Waals surface area contributed by atoms with E-state index in [1.54, 1.807) is 89.6 Å². The Bertz CT molecular complexity index is 184. The third-order valence-corrected chi connectivity index (χ3v) is 6.23. The molecule has 0 unspecified atom stereocenters. The van der Waals surface area contributed by atoms with Gasteiger partial charge in [-0.25, -0.2) is 0 Å². The summed E-state index contributed by atoms with van der Waals surface area (Å²) in [5.41, 5.74) is 0. The lowest BCUT2D eigenvalue weighted by Crippen LogP contribution is -2.24. The first-order chi connectivity index (χ1) is 8.90. The Labute approximate surface area is 114 Å². The van der Waals surface area contributed by atoms with E-state index in [1.807, 2.05) is 0 Å². The third kappa shape index (κ3) is 3.55. The molecule has 1 aliphatic carbocycles. The molecule has 0 atom stereocenters. The number of hydrogen-bond donors (Lipinski definition) is 0. The van der Waals surface area contributed by atoms with Crippen LogP contribution in [0.3, 0.4) is 0 Å². The molecular formula is C17H31B. The summed E-state index contributed by atoms with van der Waals surface area (Å²) >= 11 is 0. The highest BCUT2D eigenvalue weighted by Gasteiger charge is 2.27. The van der Waals surface area contributed by atoms with Crippen molar-refractivity contribution in [3.63, 3.8) is 0 Å². The van der Waals surface area contributed by atoms with E-state index in [9.17, 15) is 0 Å². The van der Waals surface area contributed by atoms with Gasteiger partial charge in [0.2, 0.25) is 0 Å². The zero-order chi connectivity index (χ0) is 12.2. The van der Waals surface area contributed by atoms with Crippen molar-refractivity contribution in [1.82, 2.24) is 0 Å².